The van der Waals surface area contributed by atoms with Crippen LogP contribution in [0.4, 0.5) is 13.2 Å². The SMILES string of the molecule is CS(=O)(=O)CC(=O)N1CCO[C@H]2[C@@H](Oc3ccccn3)CC[C@@H]21.O=C(O)C(F)(F)F. The third-order valence-electron chi connectivity index (χ3n) is 4.39. The van der Waals surface area contributed by atoms with Crippen molar-refractivity contribution >= 4 is 21.7 Å². The molecule has 2 fully saturated rings. The van der Waals surface area contributed by atoms with Gasteiger partial charge in [0, 0.05) is 25.1 Å². The molecule has 0 bridgehead atoms. The minimum atomic E-state index is -5.08. The van der Waals surface area contributed by atoms with Crippen LogP contribution in [0.3, 0.4) is 0 Å². The number of amides is 1. The van der Waals surface area contributed by atoms with Crippen LogP contribution in [-0.4, -0.2) is 84.9 Å². The number of fused-ring (bicyclic) bond motifs is 1. The summed E-state index contributed by atoms with van der Waals surface area (Å²) in [6.45, 7) is 0.810. The molecule has 9 nitrogen and oxygen atoms in total. The molecule has 0 spiro atoms. The largest absolute Gasteiger partial charge is 0.490 e. The van der Waals surface area contributed by atoms with Crippen LogP contribution in [0, 0.1) is 0 Å². The van der Waals surface area contributed by atoms with E-state index in [-0.39, 0.29) is 24.2 Å². The highest BCUT2D eigenvalue weighted by Crippen LogP contribution is 2.32. The minimum Gasteiger partial charge on any atom is -0.475 e. The second-order valence-corrected chi connectivity index (χ2v) is 8.90. The van der Waals surface area contributed by atoms with Gasteiger partial charge in [0.1, 0.15) is 18.0 Å². The van der Waals surface area contributed by atoms with Crippen LogP contribution >= 0.6 is 0 Å². The van der Waals surface area contributed by atoms with Crippen molar-refractivity contribution in [3.8, 4) is 5.88 Å². The third kappa shape index (κ3) is 6.83. The number of morpholine rings is 1. The summed E-state index contributed by atoms with van der Waals surface area (Å²) in [5.41, 5.74) is 0. The first kappa shape index (κ1) is 23.9. The number of sulfone groups is 1. The van der Waals surface area contributed by atoms with Crippen molar-refractivity contribution in [1.82, 2.24) is 9.88 Å². The number of rotatable bonds is 4. The Kier molecular flexibility index (Phi) is 7.64. The molecule has 1 aromatic heterocycles. The zero-order valence-electron chi connectivity index (χ0n) is 15.9. The van der Waals surface area contributed by atoms with E-state index in [1.54, 1.807) is 17.2 Å². The fraction of sp³-hybridized carbons (Fsp3) is 0.588. The van der Waals surface area contributed by atoms with Gasteiger partial charge in [0.15, 0.2) is 9.84 Å². The summed E-state index contributed by atoms with van der Waals surface area (Å²) in [4.78, 5) is 26.9. The van der Waals surface area contributed by atoms with Crippen molar-refractivity contribution in [2.24, 2.45) is 0 Å². The Morgan fingerprint density at radius 2 is 2.00 bits per heavy atom. The monoisotopic (exact) mass is 454 g/mol. The Balaban J connectivity index is 0.000000396. The second kappa shape index (κ2) is 9.60. The van der Waals surface area contributed by atoms with Crippen LogP contribution in [0.15, 0.2) is 24.4 Å². The molecule has 1 saturated heterocycles. The summed E-state index contributed by atoms with van der Waals surface area (Å²) in [6, 6.07) is 5.31. The van der Waals surface area contributed by atoms with Gasteiger partial charge in [-0.3, -0.25) is 4.79 Å². The molecule has 2 aliphatic rings. The number of nitrogens with zero attached hydrogens (tertiary/aromatic N) is 2. The number of ether oxygens (including phenoxy) is 2. The van der Waals surface area contributed by atoms with E-state index in [2.05, 4.69) is 4.98 Å². The third-order valence-corrected chi connectivity index (χ3v) is 5.17. The predicted octanol–water partition coefficient (Wildman–Crippen LogP) is 0.897. The maximum absolute atomic E-state index is 12.3. The summed E-state index contributed by atoms with van der Waals surface area (Å²) in [5, 5.41) is 7.12. The lowest BCUT2D eigenvalue weighted by Crippen LogP contribution is -2.55. The lowest BCUT2D eigenvalue weighted by Gasteiger charge is -2.38. The lowest BCUT2D eigenvalue weighted by molar-refractivity contribution is -0.192. The fourth-order valence-electron chi connectivity index (χ4n) is 3.23. The number of hydrogen-bond acceptors (Lipinski definition) is 7. The van der Waals surface area contributed by atoms with E-state index in [4.69, 9.17) is 19.4 Å². The summed E-state index contributed by atoms with van der Waals surface area (Å²) in [6.07, 6.45) is -1.29. The lowest BCUT2D eigenvalue weighted by atomic mass is 10.1. The Labute approximate surface area is 170 Å². The van der Waals surface area contributed by atoms with Crippen molar-refractivity contribution in [2.75, 3.05) is 25.2 Å². The molecule has 3 rings (SSSR count). The van der Waals surface area contributed by atoms with Gasteiger partial charge in [-0.05, 0) is 18.9 Å². The fourth-order valence-corrected chi connectivity index (χ4v) is 3.85. The smallest absolute Gasteiger partial charge is 0.475 e. The maximum Gasteiger partial charge on any atom is 0.490 e. The molecule has 1 aliphatic heterocycles. The predicted molar refractivity (Wildman–Crippen MR) is 96.5 cm³/mol. The normalized spacial score (nSPS) is 23.7. The van der Waals surface area contributed by atoms with Crippen molar-refractivity contribution in [3.63, 3.8) is 0 Å². The number of hydrogen-bond donors (Lipinski definition) is 1. The molecular formula is C17H21F3N2O7S. The minimum absolute atomic E-state index is 0.133. The average molecular weight is 454 g/mol. The van der Waals surface area contributed by atoms with Gasteiger partial charge in [-0.1, -0.05) is 6.07 Å². The second-order valence-electron chi connectivity index (χ2n) is 6.76. The van der Waals surface area contributed by atoms with Crippen molar-refractivity contribution in [2.45, 2.75) is 37.3 Å². The highest BCUT2D eigenvalue weighted by atomic mass is 32.2. The molecule has 2 heterocycles. The van der Waals surface area contributed by atoms with E-state index in [9.17, 15) is 26.4 Å². The van der Waals surface area contributed by atoms with Gasteiger partial charge < -0.3 is 19.5 Å². The van der Waals surface area contributed by atoms with Gasteiger partial charge in [-0.15, -0.1) is 0 Å². The number of carbonyl (C=O) groups excluding carboxylic acids is 1. The van der Waals surface area contributed by atoms with E-state index in [1.807, 2.05) is 12.1 Å². The topological polar surface area (TPSA) is 123 Å². The molecule has 0 aromatic carbocycles. The molecule has 0 radical (unpaired) electrons. The number of pyridine rings is 1. The molecular weight excluding hydrogens is 433 g/mol. The van der Waals surface area contributed by atoms with Crippen LogP contribution in [0.1, 0.15) is 12.8 Å². The number of aromatic nitrogens is 1. The first-order valence-corrected chi connectivity index (χ1v) is 10.9. The Bertz CT molecular complexity index is 849. The number of carbonyl (C=O) groups is 2. The van der Waals surface area contributed by atoms with Gasteiger partial charge in [0.2, 0.25) is 11.8 Å². The van der Waals surface area contributed by atoms with Crippen molar-refractivity contribution in [1.29, 1.82) is 0 Å². The molecule has 1 amide bonds. The highest BCUT2D eigenvalue weighted by molar-refractivity contribution is 7.91. The van der Waals surface area contributed by atoms with Gasteiger partial charge >= 0.3 is 12.1 Å². The number of halogens is 3. The van der Waals surface area contributed by atoms with Crippen LogP contribution in [0.5, 0.6) is 5.88 Å². The Morgan fingerprint density at radius 3 is 2.53 bits per heavy atom. The molecule has 13 heteroatoms. The molecule has 1 aliphatic carbocycles. The Hall–Kier alpha value is -2.41. The van der Waals surface area contributed by atoms with Crippen LogP contribution in [0.25, 0.3) is 0 Å². The summed E-state index contributed by atoms with van der Waals surface area (Å²) >= 11 is 0. The zero-order chi connectivity index (χ0) is 22.5. The average Bonchev–Trinajstić information content (AvgIpc) is 3.04. The van der Waals surface area contributed by atoms with Crippen molar-refractivity contribution in [3.05, 3.63) is 24.4 Å². The summed E-state index contributed by atoms with van der Waals surface area (Å²) in [5.74, 6) is -3.04. The molecule has 30 heavy (non-hydrogen) atoms. The van der Waals surface area contributed by atoms with Gasteiger partial charge in [0.05, 0.1) is 12.6 Å². The van der Waals surface area contributed by atoms with Crippen LogP contribution < -0.4 is 4.74 Å². The zero-order valence-corrected chi connectivity index (χ0v) is 16.7. The molecule has 1 aromatic rings. The molecule has 1 N–H and O–H groups in total. The molecule has 3 atom stereocenters. The van der Waals surface area contributed by atoms with Gasteiger partial charge in [-0.25, -0.2) is 18.2 Å². The first-order valence-electron chi connectivity index (χ1n) is 8.85. The van der Waals surface area contributed by atoms with E-state index >= 15 is 0 Å². The molecule has 168 valence electrons. The number of carboxylic acids is 1. The molecule has 0 unspecified atom stereocenters. The van der Waals surface area contributed by atoms with Gasteiger partial charge in [-0.2, -0.15) is 13.2 Å². The highest BCUT2D eigenvalue weighted by Gasteiger charge is 2.46. The van der Waals surface area contributed by atoms with Gasteiger partial charge in [0.25, 0.3) is 0 Å². The Morgan fingerprint density at radius 1 is 1.33 bits per heavy atom. The van der Waals surface area contributed by atoms with E-state index in [0.29, 0.717) is 19.0 Å². The summed E-state index contributed by atoms with van der Waals surface area (Å²) in [7, 11) is -3.34. The van der Waals surface area contributed by atoms with E-state index in [0.717, 1.165) is 19.1 Å². The van der Waals surface area contributed by atoms with E-state index in [1.165, 1.54) is 0 Å². The van der Waals surface area contributed by atoms with Crippen LogP contribution in [-0.2, 0) is 24.2 Å². The van der Waals surface area contributed by atoms with Crippen LogP contribution in [0.2, 0.25) is 0 Å². The summed E-state index contributed by atoms with van der Waals surface area (Å²) < 4.78 is 66.2. The molecule has 1 saturated carbocycles. The quantitative estimate of drug-likeness (QED) is 0.712. The number of carboxylic acid groups (broad SMARTS) is 1. The standard InChI is InChI=1S/C15H20N2O5S.C2HF3O2/c1-23(19,20)10-14(18)17-8-9-21-15-11(17)5-6-12(15)22-13-4-2-3-7-16-13;3-2(4,5)1(6)7/h2-4,7,11-12,15H,5-6,8-10H2,1H3;(H,6,7)/t11-,12-,15+;/m0./s1. The number of alkyl halides is 3. The van der Waals surface area contributed by atoms with Crippen molar-refractivity contribution < 1.29 is 45.8 Å². The maximum atomic E-state index is 12.3. The number of aliphatic carboxylic acids is 1. The van der Waals surface area contributed by atoms with E-state index < -0.39 is 27.7 Å². The first-order chi connectivity index (χ1) is 13.9.